The van der Waals surface area contributed by atoms with Crippen LogP contribution in [0.2, 0.25) is 0 Å². The van der Waals surface area contributed by atoms with Crippen molar-refractivity contribution in [3.05, 3.63) is 36.5 Å². The predicted octanol–water partition coefficient (Wildman–Crippen LogP) is 2.35. The van der Waals surface area contributed by atoms with Gasteiger partial charge in [0.2, 0.25) is 5.91 Å². The zero-order valence-electron chi connectivity index (χ0n) is 12.3. The van der Waals surface area contributed by atoms with Gasteiger partial charge in [0.25, 0.3) is 0 Å². The van der Waals surface area contributed by atoms with E-state index in [-0.39, 0.29) is 25.0 Å². The van der Waals surface area contributed by atoms with Gasteiger partial charge in [-0.15, -0.1) is 0 Å². The maximum atomic E-state index is 12.4. The SMILES string of the molecule is CCC(C)N(CC(=O)O)C(=O)Cn1ccc2ccccc21. The van der Waals surface area contributed by atoms with E-state index in [9.17, 15) is 9.59 Å². The van der Waals surface area contributed by atoms with Crippen LogP contribution in [0.15, 0.2) is 36.5 Å². The van der Waals surface area contributed by atoms with Gasteiger partial charge in [0.05, 0.1) is 0 Å². The van der Waals surface area contributed by atoms with Crippen molar-refractivity contribution in [3.8, 4) is 0 Å². The second kappa shape index (κ2) is 6.43. The van der Waals surface area contributed by atoms with Crippen molar-refractivity contribution < 1.29 is 14.7 Å². The summed E-state index contributed by atoms with van der Waals surface area (Å²) < 4.78 is 1.86. The molecule has 2 aromatic rings. The highest BCUT2D eigenvalue weighted by Gasteiger charge is 2.21. The quantitative estimate of drug-likeness (QED) is 0.887. The third-order valence-electron chi connectivity index (χ3n) is 3.73. The summed E-state index contributed by atoms with van der Waals surface area (Å²) in [6.07, 6.45) is 2.59. The number of fused-ring (bicyclic) bond motifs is 1. The Hall–Kier alpha value is -2.30. The third-order valence-corrected chi connectivity index (χ3v) is 3.73. The fourth-order valence-electron chi connectivity index (χ4n) is 2.37. The van der Waals surface area contributed by atoms with Gasteiger partial charge in [0.15, 0.2) is 0 Å². The Kier molecular flexibility index (Phi) is 4.62. The van der Waals surface area contributed by atoms with E-state index in [0.29, 0.717) is 0 Å². The van der Waals surface area contributed by atoms with E-state index >= 15 is 0 Å². The van der Waals surface area contributed by atoms with Gasteiger partial charge in [-0.1, -0.05) is 25.1 Å². The lowest BCUT2D eigenvalue weighted by Crippen LogP contribution is -2.43. The summed E-state index contributed by atoms with van der Waals surface area (Å²) in [6, 6.07) is 9.67. The monoisotopic (exact) mass is 288 g/mol. The molecule has 0 aliphatic heterocycles. The lowest BCUT2D eigenvalue weighted by molar-refractivity contribution is -0.146. The Morgan fingerprint density at radius 3 is 2.67 bits per heavy atom. The van der Waals surface area contributed by atoms with Crippen molar-refractivity contribution in [3.63, 3.8) is 0 Å². The van der Waals surface area contributed by atoms with E-state index in [1.54, 1.807) is 0 Å². The van der Waals surface area contributed by atoms with Gasteiger partial charge >= 0.3 is 5.97 Å². The summed E-state index contributed by atoms with van der Waals surface area (Å²) in [5, 5.41) is 10.0. The molecule has 5 nitrogen and oxygen atoms in total. The Bertz CT molecular complexity index is 648. The van der Waals surface area contributed by atoms with Gasteiger partial charge in [-0.2, -0.15) is 0 Å². The Labute approximate surface area is 123 Å². The molecule has 0 fully saturated rings. The molecule has 0 saturated carbocycles. The Morgan fingerprint density at radius 1 is 1.29 bits per heavy atom. The minimum Gasteiger partial charge on any atom is -0.480 e. The maximum absolute atomic E-state index is 12.4. The van der Waals surface area contributed by atoms with Crippen molar-refractivity contribution in [1.29, 1.82) is 0 Å². The van der Waals surface area contributed by atoms with E-state index < -0.39 is 5.97 Å². The van der Waals surface area contributed by atoms with Crippen LogP contribution in [0.3, 0.4) is 0 Å². The topological polar surface area (TPSA) is 62.5 Å². The number of carbonyl (C=O) groups is 2. The molecule has 1 amide bonds. The molecule has 2 rings (SSSR count). The van der Waals surface area contributed by atoms with Crippen LogP contribution in [0.5, 0.6) is 0 Å². The van der Waals surface area contributed by atoms with E-state index in [4.69, 9.17) is 5.11 Å². The first-order valence-corrected chi connectivity index (χ1v) is 7.08. The molecule has 0 aliphatic carbocycles. The molecule has 1 aromatic carbocycles. The molecule has 0 bridgehead atoms. The number of aromatic nitrogens is 1. The van der Waals surface area contributed by atoms with Crippen LogP contribution >= 0.6 is 0 Å². The van der Waals surface area contributed by atoms with Crippen molar-refractivity contribution in [2.45, 2.75) is 32.9 Å². The van der Waals surface area contributed by atoms with Crippen LogP contribution in [0, 0.1) is 0 Å². The molecule has 1 unspecified atom stereocenters. The maximum Gasteiger partial charge on any atom is 0.323 e. The van der Waals surface area contributed by atoms with Crippen LogP contribution in [-0.2, 0) is 16.1 Å². The molecular weight excluding hydrogens is 268 g/mol. The Morgan fingerprint density at radius 2 is 2.00 bits per heavy atom. The largest absolute Gasteiger partial charge is 0.480 e. The van der Waals surface area contributed by atoms with E-state index in [2.05, 4.69) is 0 Å². The highest BCUT2D eigenvalue weighted by atomic mass is 16.4. The molecule has 0 spiro atoms. The molecule has 1 atom stereocenters. The number of carboxylic acids is 1. The van der Waals surface area contributed by atoms with Gasteiger partial charge in [-0.25, -0.2) is 0 Å². The van der Waals surface area contributed by atoms with Crippen molar-refractivity contribution in [1.82, 2.24) is 9.47 Å². The number of carbonyl (C=O) groups excluding carboxylic acids is 1. The summed E-state index contributed by atoms with van der Waals surface area (Å²) in [5.74, 6) is -1.16. The van der Waals surface area contributed by atoms with Crippen molar-refractivity contribution >= 4 is 22.8 Å². The van der Waals surface area contributed by atoms with Gasteiger partial charge in [0.1, 0.15) is 13.1 Å². The number of hydrogen-bond acceptors (Lipinski definition) is 2. The zero-order valence-corrected chi connectivity index (χ0v) is 12.3. The minimum absolute atomic E-state index is 0.0876. The van der Waals surface area contributed by atoms with Crippen LogP contribution < -0.4 is 0 Å². The van der Waals surface area contributed by atoms with Gasteiger partial charge in [-0.3, -0.25) is 9.59 Å². The first kappa shape index (κ1) is 15.1. The second-order valence-electron chi connectivity index (χ2n) is 5.18. The Balaban J connectivity index is 2.19. The van der Waals surface area contributed by atoms with E-state index in [1.807, 2.05) is 54.9 Å². The summed E-state index contributed by atoms with van der Waals surface area (Å²) >= 11 is 0. The van der Waals surface area contributed by atoms with E-state index in [1.165, 1.54) is 4.90 Å². The summed E-state index contributed by atoms with van der Waals surface area (Å²) in [7, 11) is 0. The lowest BCUT2D eigenvalue weighted by atomic mass is 10.2. The number of carboxylic acid groups (broad SMARTS) is 1. The molecule has 1 N–H and O–H groups in total. The van der Waals surface area contributed by atoms with Gasteiger partial charge in [-0.05, 0) is 30.9 Å². The average molecular weight is 288 g/mol. The lowest BCUT2D eigenvalue weighted by Gasteiger charge is -2.27. The number of amides is 1. The molecule has 21 heavy (non-hydrogen) atoms. The van der Waals surface area contributed by atoms with Crippen LogP contribution in [0.25, 0.3) is 10.9 Å². The summed E-state index contributed by atoms with van der Waals surface area (Å²) in [6.45, 7) is 3.71. The van der Waals surface area contributed by atoms with Gasteiger partial charge in [0, 0.05) is 17.8 Å². The first-order chi connectivity index (χ1) is 10.0. The third kappa shape index (κ3) is 3.42. The van der Waals surface area contributed by atoms with Crippen molar-refractivity contribution in [2.24, 2.45) is 0 Å². The molecular formula is C16H20N2O3. The predicted molar refractivity (Wildman–Crippen MR) is 81.0 cm³/mol. The molecule has 112 valence electrons. The van der Waals surface area contributed by atoms with E-state index in [0.717, 1.165) is 17.3 Å². The van der Waals surface area contributed by atoms with Crippen LogP contribution in [0.4, 0.5) is 0 Å². The minimum atomic E-state index is -0.985. The van der Waals surface area contributed by atoms with Gasteiger partial charge < -0.3 is 14.6 Å². The van der Waals surface area contributed by atoms with Crippen LogP contribution in [-0.4, -0.2) is 39.0 Å². The molecule has 5 heteroatoms. The average Bonchev–Trinajstić information content (AvgIpc) is 2.87. The molecule has 0 aliphatic rings. The number of benzene rings is 1. The summed E-state index contributed by atoms with van der Waals surface area (Å²) in [4.78, 5) is 24.8. The first-order valence-electron chi connectivity index (χ1n) is 7.08. The molecule has 1 aromatic heterocycles. The standard InChI is InChI=1S/C16H20N2O3/c1-3-12(2)18(11-16(20)21)15(19)10-17-9-8-13-6-4-5-7-14(13)17/h4-9,12H,3,10-11H2,1-2H3,(H,20,21). The smallest absolute Gasteiger partial charge is 0.323 e. The number of rotatable bonds is 6. The molecule has 0 radical (unpaired) electrons. The molecule has 0 saturated heterocycles. The zero-order chi connectivity index (χ0) is 15.4. The second-order valence-corrected chi connectivity index (χ2v) is 5.18. The fraction of sp³-hybridized carbons (Fsp3) is 0.375. The summed E-state index contributed by atoms with van der Waals surface area (Å²) in [5.41, 5.74) is 0.977. The molecule has 1 heterocycles. The highest BCUT2D eigenvalue weighted by molar-refractivity contribution is 5.85. The fourth-order valence-corrected chi connectivity index (χ4v) is 2.37. The normalized spacial score (nSPS) is 12.3. The number of hydrogen-bond donors (Lipinski definition) is 1. The number of nitrogens with zero attached hydrogens (tertiary/aromatic N) is 2. The number of para-hydroxylation sites is 1. The highest BCUT2D eigenvalue weighted by Crippen LogP contribution is 2.15. The van der Waals surface area contributed by atoms with Crippen molar-refractivity contribution in [2.75, 3.05) is 6.54 Å². The van der Waals surface area contributed by atoms with Crippen LogP contribution in [0.1, 0.15) is 20.3 Å². The number of aliphatic carboxylic acids is 1.